The molecule has 1 N–H and O–H groups in total. The number of ether oxygens (including phenoxy) is 1. The molecule has 0 amide bonds. The van der Waals surface area contributed by atoms with Crippen molar-refractivity contribution in [2.75, 3.05) is 12.4 Å². The normalized spacial score (nSPS) is 12.1. The van der Waals surface area contributed by atoms with Crippen LogP contribution in [-0.2, 0) is 0 Å². The van der Waals surface area contributed by atoms with Crippen LogP contribution in [0.5, 0.6) is 5.75 Å². The molecule has 1 atom stereocenters. The predicted molar refractivity (Wildman–Crippen MR) is 91.9 cm³/mol. The van der Waals surface area contributed by atoms with Gasteiger partial charge >= 0.3 is 0 Å². The summed E-state index contributed by atoms with van der Waals surface area (Å²) in [6, 6.07) is 11.9. The van der Waals surface area contributed by atoms with Crippen LogP contribution < -0.4 is 10.1 Å². The monoisotopic (exact) mass is 417 g/mol. The molecule has 1 unspecified atom stereocenters. The molecule has 0 aromatic heterocycles. The van der Waals surface area contributed by atoms with Crippen molar-refractivity contribution in [2.45, 2.75) is 13.0 Å². The van der Waals surface area contributed by atoms with Gasteiger partial charge in [-0.1, -0.05) is 45.7 Å². The van der Waals surface area contributed by atoms with Crippen molar-refractivity contribution in [1.29, 1.82) is 0 Å². The Labute approximate surface area is 140 Å². The second kappa shape index (κ2) is 6.83. The standard InChI is InChI=1S/C15H14Br2ClNO/c1-9(11-5-3-4-6-12(11)16)19-14-8-10(18)7-13(17)15(14)20-2/h3-9,19H,1-2H3. The van der Waals surface area contributed by atoms with Crippen molar-refractivity contribution in [3.05, 3.63) is 55.9 Å². The lowest BCUT2D eigenvalue weighted by Gasteiger charge is -2.20. The average molecular weight is 420 g/mol. The third kappa shape index (κ3) is 3.48. The summed E-state index contributed by atoms with van der Waals surface area (Å²) in [5.41, 5.74) is 2.03. The zero-order valence-corrected chi connectivity index (χ0v) is 15.0. The third-order valence-corrected chi connectivity index (χ3v) is 4.49. The zero-order chi connectivity index (χ0) is 14.7. The molecule has 0 bridgehead atoms. The fraction of sp³-hybridized carbons (Fsp3) is 0.200. The molecule has 0 heterocycles. The molecule has 20 heavy (non-hydrogen) atoms. The quantitative estimate of drug-likeness (QED) is 0.652. The Kier molecular flexibility index (Phi) is 5.35. The van der Waals surface area contributed by atoms with Gasteiger partial charge in [-0.25, -0.2) is 0 Å². The van der Waals surface area contributed by atoms with Gasteiger partial charge in [0.2, 0.25) is 0 Å². The van der Waals surface area contributed by atoms with Crippen LogP contribution >= 0.6 is 43.5 Å². The summed E-state index contributed by atoms with van der Waals surface area (Å²) in [5.74, 6) is 0.744. The number of nitrogens with one attached hydrogen (secondary N) is 1. The van der Waals surface area contributed by atoms with Gasteiger partial charge in [0.25, 0.3) is 0 Å². The summed E-state index contributed by atoms with van der Waals surface area (Å²) >= 11 is 13.1. The van der Waals surface area contributed by atoms with E-state index in [0.29, 0.717) is 5.02 Å². The van der Waals surface area contributed by atoms with E-state index in [2.05, 4.69) is 50.2 Å². The van der Waals surface area contributed by atoms with Crippen molar-refractivity contribution in [3.8, 4) is 5.75 Å². The number of rotatable bonds is 4. The molecule has 2 rings (SSSR count). The molecule has 0 fully saturated rings. The van der Waals surface area contributed by atoms with Crippen LogP contribution in [0.1, 0.15) is 18.5 Å². The van der Waals surface area contributed by atoms with Crippen LogP contribution in [-0.4, -0.2) is 7.11 Å². The van der Waals surface area contributed by atoms with Crippen LogP contribution in [0.4, 0.5) is 5.69 Å². The minimum absolute atomic E-state index is 0.116. The van der Waals surface area contributed by atoms with Gasteiger partial charge in [0, 0.05) is 15.5 Å². The van der Waals surface area contributed by atoms with Crippen molar-refractivity contribution in [2.24, 2.45) is 0 Å². The summed E-state index contributed by atoms with van der Waals surface area (Å²) < 4.78 is 7.32. The van der Waals surface area contributed by atoms with E-state index in [4.69, 9.17) is 16.3 Å². The Morgan fingerprint density at radius 1 is 1.15 bits per heavy atom. The SMILES string of the molecule is COc1c(Br)cc(Cl)cc1NC(C)c1ccccc1Br. The highest BCUT2D eigenvalue weighted by Gasteiger charge is 2.14. The maximum absolute atomic E-state index is 6.10. The molecule has 0 aliphatic heterocycles. The lowest BCUT2D eigenvalue weighted by Crippen LogP contribution is -2.08. The molecular formula is C15H14Br2ClNO. The molecule has 0 radical (unpaired) electrons. The molecular weight excluding hydrogens is 405 g/mol. The Morgan fingerprint density at radius 3 is 2.50 bits per heavy atom. The van der Waals surface area contributed by atoms with Gasteiger partial charge in [0.15, 0.2) is 5.75 Å². The molecule has 0 saturated carbocycles. The number of hydrogen-bond acceptors (Lipinski definition) is 2. The van der Waals surface area contributed by atoms with E-state index in [-0.39, 0.29) is 6.04 Å². The van der Waals surface area contributed by atoms with Crippen molar-refractivity contribution < 1.29 is 4.74 Å². The van der Waals surface area contributed by atoms with Gasteiger partial charge in [0.05, 0.1) is 17.3 Å². The molecule has 0 aliphatic rings. The van der Waals surface area contributed by atoms with E-state index in [1.54, 1.807) is 7.11 Å². The molecule has 2 nitrogen and oxygen atoms in total. The highest BCUT2D eigenvalue weighted by atomic mass is 79.9. The minimum Gasteiger partial charge on any atom is -0.493 e. The number of anilines is 1. The third-order valence-electron chi connectivity index (χ3n) is 2.96. The maximum Gasteiger partial charge on any atom is 0.156 e. The van der Waals surface area contributed by atoms with Crippen molar-refractivity contribution in [1.82, 2.24) is 0 Å². The molecule has 0 saturated heterocycles. The van der Waals surface area contributed by atoms with Gasteiger partial charge in [-0.15, -0.1) is 0 Å². The number of benzene rings is 2. The first kappa shape index (κ1) is 15.7. The Balaban J connectivity index is 2.33. The van der Waals surface area contributed by atoms with E-state index in [1.807, 2.05) is 30.3 Å². The lowest BCUT2D eigenvalue weighted by atomic mass is 10.1. The van der Waals surface area contributed by atoms with Crippen LogP contribution in [0.25, 0.3) is 0 Å². The first-order chi connectivity index (χ1) is 9.52. The van der Waals surface area contributed by atoms with Gasteiger partial charge in [-0.2, -0.15) is 0 Å². The molecule has 0 spiro atoms. The summed E-state index contributed by atoms with van der Waals surface area (Å²) in [6.45, 7) is 2.09. The Morgan fingerprint density at radius 2 is 1.85 bits per heavy atom. The second-order valence-corrected chi connectivity index (χ2v) is 6.50. The summed E-state index contributed by atoms with van der Waals surface area (Å²) in [5, 5.41) is 4.08. The molecule has 106 valence electrons. The predicted octanol–water partition coefficient (Wildman–Crippen LogP) is 6.05. The summed E-state index contributed by atoms with van der Waals surface area (Å²) in [4.78, 5) is 0. The van der Waals surface area contributed by atoms with Gasteiger partial charge in [-0.05, 0) is 46.6 Å². The molecule has 2 aromatic rings. The van der Waals surface area contributed by atoms with Crippen LogP contribution in [0.15, 0.2) is 45.3 Å². The number of hydrogen-bond donors (Lipinski definition) is 1. The van der Waals surface area contributed by atoms with E-state index in [0.717, 1.165) is 20.4 Å². The van der Waals surface area contributed by atoms with Gasteiger partial charge in [0.1, 0.15) is 0 Å². The fourth-order valence-electron chi connectivity index (χ4n) is 2.01. The Hall–Kier alpha value is -0.710. The van der Waals surface area contributed by atoms with Crippen molar-refractivity contribution in [3.63, 3.8) is 0 Å². The van der Waals surface area contributed by atoms with E-state index >= 15 is 0 Å². The smallest absolute Gasteiger partial charge is 0.156 e. The maximum atomic E-state index is 6.10. The van der Waals surface area contributed by atoms with E-state index in [1.165, 1.54) is 5.56 Å². The molecule has 5 heteroatoms. The second-order valence-electron chi connectivity index (χ2n) is 4.36. The molecule has 2 aromatic carbocycles. The molecule has 0 aliphatic carbocycles. The number of methoxy groups -OCH3 is 1. The lowest BCUT2D eigenvalue weighted by molar-refractivity contribution is 0.413. The average Bonchev–Trinajstić information content (AvgIpc) is 2.38. The van der Waals surface area contributed by atoms with Gasteiger partial charge in [-0.3, -0.25) is 0 Å². The Bertz CT molecular complexity index is 619. The summed E-state index contributed by atoms with van der Waals surface area (Å²) in [7, 11) is 1.64. The highest BCUT2D eigenvalue weighted by molar-refractivity contribution is 9.10. The number of halogens is 3. The van der Waals surface area contributed by atoms with E-state index in [9.17, 15) is 0 Å². The zero-order valence-electron chi connectivity index (χ0n) is 11.1. The van der Waals surface area contributed by atoms with E-state index < -0.39 is 0 Å². The van der Waals surface area contributed by atoms with Crippen LogP contribution in [0, 0.1) is 0 Å². The van der Waals surface area contributed by atoms with Gasteiger partial charge < -0.3 is 10.1 Å². The largest absolute Gasteiger partial charge is 0.493 e. The van der Waals surface area contributed by atoms with Crippen LogP contribution in [0.3, 0.4) is 0 Å². The first-order valence-corrected chi connectivity index (χ1v) is 8.03. The van der Waals surface area contributed by atoms with Crippen LogP contribution in [0.2, 0.25) is 5.02 Å². The minimum atomic E-state index is 0.116. The van der Waals surface area contributed by atoms with Crippen molar-refractivity contribution >= 4 is 49.1 Å². The topological polar surface area (TPSA) is 21.3 Å². The highest BCUT2D eigenvalue weighted by Crippen LogP contribution is 2.38. The fourth-order valence-corrected chi connectivity index (χ4v) is 3.61. The summed E-state index contributed by atoms with van der Waals surface area (Å²) in [6.07, 6.45) is 0. The first-order valence-electron chi connectivity index (χ1n) is 6.07.